The van der Waals surface area contributed by atoms with E-state index in [1.165, 1.54) is 25.9 Å². The summed E-state index contributed by atoms with van der Waals surface area (Å²) < 4.78 is 5.45. The molecule has 2 aliphatic rings. The number of aromatic amines is 1. The molecule has 0 aliphatic carbocycles. The zero-order chi connectivity index (χ0) is 13.8. The summed E-state index contributed by atoms with van der Waals surface area (Å²) in [5.74, 6) is 1.92. The van der Waals surface area contributed by atoms with Gasteiger partial charge in [0.1, 0.15) is 5.82 Å². The van der Waals surface area contributed by atoms with Gasteiger partial charge in [-0.25, -0.2) is 4.98 Å². The minimum atomic E-state index is 0.699. The molecule has 1 unspecified atom stereocenters. The predicted octanol–water partition coefficient (Wildman–Crippen LogP) is 1.34. The number of nitrogens with zero attached hydrogens (tertiary/aromatic N) is 3. The topological polar surface area (TPSA) is 44.4 Å². The first kappa shape index (κ1) is 14.0. The maximum absolute atomic E-state index is 5.45. The molecule has 2 saturated heterocycles. The molecule has 1 N–H and O–H groups in total. The maximum Gasteiger partial charge on any atom is 0.120 e. The van der Waals surface area contributed by atoms with Crippen molar-refractivity contribution in [3.05, 3.63) is 18.2 Å². The number of imidazole rings is 1. The third-order valence-corrected chi connectivity index (χ3v) is 4.86. The summed E-state index contributed by atoms with van der Waals surface area (Å²) in [5, 5.41) is 0. The fraction of sp³-hybridized carbons (Fsp3) is 0.800. The average Bonchev–Trinajstić information content (AvgIpc) is 3.01. The standard InChI is InChI=1S/C15H26N4O/c1-13(19-8-10-20-11-9-19)14-2-6-18(7-3-14)12-15-16-4-5-17-15/h4-5,13-14H,2-3,6-12H2,1H3,(H,16,17). The van der Waals surface area contributed by atoms with Gasteiger partial charge in [-0.2, -0.15) is 0 Å². The molecule has 3 rings (SSSR count). The number of morpholine rings is 1. The molecule has 0 bridgehead atoms. The Labute approximate surface area is 121 Å². The molecule has 0 amide bonds. The lowest BCUT2D eigenvalue weighted by molar-refractivity contribution is -0.00203. The first-order valence-corrected chi connectivity index (χ1v) is 7.85. The van der Waals surface area contributed by atoms with Crippen LogP contribution < -0.4 is 0 Å². The van der Waals surface area contributed by atoms with Crippen LogP contribution in [0.1, 0.15) is 25.6 Å². The van der Waals surface area contributed by atoms with Gasteiger partial charge >= 0.3 is 0 Å². The predicted molar refractivity (Wildman–Crippen MR) is 78.4 cm³/mol. The fourth-order valence-corrected chi connectivity index (χ4v) is 3.47. The molecule has 112 valence electrons. The molecule has 5 nitrogen and oxygen atoms in total. The molecule has 1 aromatic heterocycles. The number of H-pyrrole nitrogens is 1. The van der Waals surface area contributed by atoms with E-state index >= 15 is 0 Å². The Morgan fingerprint density at radius 1 is 1.30 bits per heavy atom. The number of piperidine rings is 1. The maximum atomic E-state index is 5.45. The lowest BCUT2D eigenvalue weighted by Crippen LogP contribution is -2.48. The van der Waals surface area contributed by atoms with Crippen LogP contribution in [0.25, 0.3) is 0 Å². The smallest absolute Gasteiger partial charge is 0.120 e. The van der Waals surface area contributed by atoms with E-state index in [4.69, 9.17) is 4.74 Å². The SMILES string of the molecule is CC(C1CCN(Cc2ncc[nH]2)CC1)N1CCOCC1. The average molecular weight is 278 g/mol. The number of likely N-dealkylation sites (tertiary alicyclic amines) is 1. The van der Waals surface area contributed by atoms with Crippen molar-refractivity contribution in [3.8, 4) is 0 Å². The minimum Gasteiger partial charge on any atom is -0.379 e. The Morgan fingerprint density at radius 2 is 2.05 bits per heavy atom. The van der Waals surface area contributed by atoms with E-state index in [1.54, 1.807) is 0 Å². The van der Waals surface area contributed by atoms with Gasteiger partial charge in [0.2, 0.25) is 0 Å². The Morgan fingerprint density at radius 3 is 2.70 bits per heavy atom. The van der Waals surface area contributed by atoms with Crippen molar-refractivity contribution in [2.45, 2.75) is 32.4 Å². The molecular formula is C15H26N4O. The van der Waals surface area contributed by atoms with Gasteiger partial charge in [-0.15, -0.1) is 0 Å². The second-order valence-electron chi connectivity index (χ2n) is 6.04. The summed E-state index contributed by atoms with van der Waals surface area (Å²) in [5.41, 5.74) is 0. The van der Waals surface area contributed by atoms with Gasteiger partial charge in [-0.05, 0) is 38.8 Å². The molecular weight excluding hydrogens is 252 g/mol. The molecule has 1 aromatic rings. The molecule has 20 heavy (non-hydrogen) atoms. The van der Waals surface area contributed by atoms with Crippen molar-refractivity contribution < 1.29 is 4.74 Å². The number of rotatable bonds is 4. The summed E-state index contributed by atoms with van der Waals surface area (Å²) in [6, 6.07) is 0.699. The van der Waals surface area contributed by atoms with Crippen LogP contribution in [0.5, 0.6) is 0 Å². The number of hydrogen-bond donors (Lipinski definition) is 1. The molecule has 0 radical (unpaired) electrons. The highest BCUT2D eigenvalue weighted by atomic mass is 16.5. The van der Waals surface area contributed by atoms with Crippen molar-refractivity contribution >= 4 is 0 Å². The van der Waals surface area contributed by atoms with Gasteiger partial charge in [0, 0.05) is 31.5 Å². The quantitative estimate of drug-likeness (QED) is 0.903. The van der Waals surface area contributed by atoms with E-state index in [2.05, 4.69) is 26.7 Å². The second kappa shape index (κ2) is 6.70. The zero-order valence-corrected chi connectivity index (χ0v) is 12.4. The van der Waals surface area contributed by atoms with Crippen molar-refractivity contribution in [2.24, 2.45) is 5.92 Å². The van der Waals surface area contributed by atoms with Crippen LogP contribution in [0.2, 0.25) is 0 Å². The third kappa shape index (κ3) is 3.40. The molecule has 2 aliphatic heterocycles. The summed E-state index contributed by atoms with van der Waals surface area (Å²) in [6.45, 7) is 9.77. The van der Waals surface area contributed by atoms with Crippen LogP contribution in [0.4, 0.5) is 0 Å². The Balaban J connectivity index is 1.45. The molecule has 2 fully saturated rings. The Hall–Kier alpha value is -0.910. The number of aromatic nitrogens is 2. The summed E-state index contributed by atoms with van der Waals surface area (Å²) in [6.07, 6.45) is 6.35. The van der Waals surface area contributed by atoms with Gasteiger partial charge in [0.25, 0.3) is 0 Å². The van der Waals surface area contributed by atoms with Crippen molar-refractivity contribution in [1.29, 1.82) is 0 Å². The molecule has 0 saturated carbocycles. The zero-order valence-electron chi connectivity index (χ0n) is 12.4. The molecule has 5 heteroatoms. The lowest BCUT2D eigenvalue weighted by Gasteiger charge is -2.40. The van der Waals surface area contributed by atoms with E-state index in [9.17, 15) is 0 Å². The van der Waals surface area contributed by atoms with Gasteiger partial charge in [-0.3, -0.25) is 9.80 Å². The van der Waals surface area contributed by atoms with Crippen molar-refractivity contribution in [1.82, 2.24) is 19.8 Å². The van der Waals surface area contributed by atoms with Crippen LogP contribution in [-0.4, -0.2) is 65.2 Å². The van der Waals surface area contributed by atoms with Gasteiger partial charge < -0.3 is 9.72 Å². The lowest BCUT2D eigenvalue weighted by atomic mass is 9.89. The fourth-order valence-electron chi connectivity index (χ4n) is 3.47. The third-order valence-electron chi connectivity index (χ3n) is 4.86. The molecule has 1 atom stereocenters. The summed E-state index contributed by atoms with van der Waals surface area (Å²) >= 11 is 0. The van der Waals surface area contributed by atoms with Crippen LogP contribution in [0.15, 0.2) is 12.4 Å². The van der Waals surface area contributed by atoms with Gasteiger partial charge in [0.15, 0.2) is 0 Å². The van der Waals surface area contributed by atoms with E-state index in [0.29, 0.717) is 6.04 Å². The second-order valence-corrected chi connectivity index (χ2v) is 6.04. The normalized spacial score (nSPS) is 24.9. The highest BCUT2D eigenvalue weighted by Gasteiger charge is 2.28. The van der Waals surface area contributed by atoms with Crippen LogP contribution in [0, 0.1) is 5.92 Å². The van der Waals surface area contributed by atoms with E-state index in [1.807, 2.05) is 12.4 Å². The largest absolute Gasteiger partial charge is 0.379 e. The highest BCUT2D eigenvalue weighted by Crippen LogP contribution is 2.25. The number of nitrogens with one attached hydrogen (secondary N) is 1. The Bertz CT molecular complexity index is 381. The first-order valence-electron chi connectivity index (χ1n) is 7.85. The van der Waals surface area contributed by atoms with Gasteiger partial charge in [0.05, 0.1) is 19.8 Å². The van der Waals surface area contributed by atoms with Crippen LogP contribution >= 0.6 is 0 Å². The summed E-state index contributed by atoms with van der Waals surface area (Å²) in [4.78, 5) is 12.6. The van der Waals surface area contributed by atoms with E-state index in [0.717, 1.165) is 44.6 Å². The number of hydrogen-bond acceptors (Lipinski definition) is 4. The van der Waals surface area contributed by atoms with Crippen molar-refractivity contribution in [2.75, 3.05) is 39.4 Å². The van der Waals surface area contributed by atoms with E-state index in [-0.39, 0.29) is 0 Å². The van der Waals surface area contributed by atoms with Gasteiger partial charge in [-0.1, -0.05) is 0 Å². The molecule has 0 spiro atoms. The van der Waals surface area contributed by atoms with Crippen LogP contribution in [-0.2, 0) is 11.3 Å². The minimum absolute atomic E-state index is 0.699. The monoisotopic (exact) mass is 278 g/mol. The molecule has 0 aromatic carbocycles. The highest BCUT2D eigenvalue weighted by molar-refractivity contribution is 4.89. The summed E-state index contributed by atoms with van der Waals surface area (Å²) in [7, 11) is 0. The number of ether oxygens (including phenoxy) is 1. The van der Waals surface area contributed by atoms with E-state index < -0.39 is 0 Å². The van der Waals surface area contributed by atoms with Crippen LogP contribution in [0.3, 0.4) is 0 Å². The van der Waals surface area contributed by atoms with Crippen molar-refractivity contribution in [3.63, 3.8) is 0 Å². The first-order chi connectivity index (χ1) is 9.83. The molecule has 3 heterocycles. The Kier molecular flexibility index (Phi) is 4.70.